The molecule has 0 fully saturated rings. The average Bonchev–Trinajstić information content (AvgIpc) is 2.89. The van der Waals surface area contributed by atoms with E-state index in [1.165, 1.54) is 6.07 Å². The van der Waals surface area contributed by atoms with Crippen LogP contribution in [0.5, 0.6) is 0 Å². The Labute approximate surface area is 110 Å². The molecular formula is C14H13FN4. The van der Waals surface area contributed by atoms with Crippen molar-refractivity contribution in [2.24, 2.45) is 0 Å². The molecular weight excluding hydrogens is 243 g/mol. The highest BCUT2D eigenvalue weighted by molar-refractivity contribution is 5.67. The van der Waals surface area contributed by atoms with Gasteiger partial charge in [-0.1, -0.05) is 18.2 Å². The van der Waals surface area contributed by atoms with Crippen LogP contribution in [0, 0.1) is 5.82 Å². The number of anilines is 1. The number of fused-ring (bicyclic) bond motifs is 1. The van der Waals surface area contributed by atoms with Crippen LogP contribution in [0.4, 0.5) is 10.2 Å². The van der Waals surface area contributed by atoms with Gasteiger partial charge in [-0.05, 0) is 12.1 Å². The monoisotopic (exact) mass is 256 g/mol. The van der Waals surface area contributed by atoms with Crippen molar-refractivity contribution >= 4 is 11.3 Å². The number of halogens is 1. The van der Waals surface area contributed by atoms with E-state index in [-0.39, 0.29) is 5.82 Å². The Balaban J connectivity index is 1.94. The maximum absolute atomic E-state index is 13.7. The van der Waals surface area contributed by atoms with Crippen LogP contribution >= 0.6 is 0 Å². The average molecular weight is 256 g/mol. The summed E-state index contributed by atoms with van der Waals surface area (Å²) in [6.07, 6.45) is 5.19. The van der Waals surface area contributed by atoms with Crippen molar-refractivity contribution in [3.05, 3.63) is 60.3 Å². The molecule has 0 atom stereocenters. The van der Waals surface area contributed by atoms with Gasteiger partial charge in [0.05, 0.1) is 6.20 Å². The summed E-state index contributed by atoms with van der Waals surface area (Å²) in [7, 11) is 1.89. The fraction of sp³-hybridized carbons (Fsp3) is 0.143. The lowest BCUT2D eigenvalue weighted by molar-refractivity contribution is 0.607. The summed E-state index contributed by atoms with van der Waals surface area (Å²) in [4.78, 5) is 6.26. The molecule has 0 saturated heterocycles. The van der Waals surface area contributed by atoms with Crippen LogP contribution in [0.15, 0.2) is 48.9 Å². The zero-order valence-corrected chi connectivity index (χ0v) is 10.5. The summed E-state index contributed by atoms with van der Waals surface area (Å²) >= 11 is 0. The number of hydrogen-bond acceptors (Lipinski definition) is 3. The molecule has 0 bridgehead atoms. The maximum atomic E-state index is 13.7. The number of rotatable bonds is 3. The molecule has 0 aliphatic rings. The Morgan fingerprint density at radius 1 is 1.21 bits per heavy atom. The lowest BCUT2D eigenvalue weighted by atomic mass is 10.2. The van der Waals surface area contributed by atoms with E-state index >= 15 is 0 Å². The minimum atomic E-state index is -0.199. The second kappa shape index (κ2) is 4.68. The molecule has 3 aromatic rings. The molecule has 0 N–H and O–H groups in total. The molecule has 0 spiro atoms. The predicted molar refractivity (Wildman–Crippen MR) is 71.5 cm³/mol. The van der Waals surface area contributed by atoms with E-state index in [0.717, 1.165) is 11.3 Å². The van der Waals surface area contributed by atoms with Crippen LogP contribution in [0.1, 0.15) is 5.56 Å². The number of hydrogen-bond donors (Lipinski definition) is 0. The summed E-state index contributed by atoms with van der Waals surface area (Å²) in [6.45, 7) is 0.463. The molecule has 19 heavy (non-hydrogen) atoms. The van der Waals surface area contributed by atoms with Crippen molar-refractivity contribution < 1.29 is 4.39 Å². The van der Waals surface area contributed by atoms with Crippen molar-refractivity contribution in [2.45, 2.75) is 6.54 Å². The van der Waals surface area contributed by atoms with Gasteiger partial charge in [-0.3, -0.25) is 0 Å². The fourth-order valence-corrected chi connectivity index (χ4v) is 2.09. The number of benzene rings is 1. The van der Waals surface area contributed by atoms with Crippen LogP contribution in [-0.2, 0) is 6.54 Å². The summed E-state index contributed by atoms with van der Waals surface area (Å²) in [5, 5.41) is 4.16. The predicted octanol–water partition coefficient (Wildman–Crippen LogP) is 2.50. The summed E-state index contributed by atoms with van der Waals surface area (Å²) in [6, 6.07) is 8.66. The van der Waals surface area contributed by atoms with Crippen LogP contribution in [0.3, 0.4) is 0 Å². The third-order valence-corrected chi connectivity index (χ3v) is 3.03. The minimum absolute atomic E-state index is 0.199. The van der Waals surface area contributed by atoms with Gasteiger partial charge in [-0.2, -0.15) is 5.10 Å². The highest BCUT2D eigenvalue weighted by Crippen LogP contribution is 2.19. The Morgan fingerprint density at radius 2 is 2.05 bits per heavy atom. The smallest absolute Gasteiger partial charge is 0.154 e. The first-order chi connectivity index (χ1) is 9.25. The molecule has 4 nitrogen and oxygen atoms in total. The van der Waals surface area contributed by atoms with E-state index < -0.39 is 0 Å². The van der Waals surface area contributed by atoms with E-state index in [1.54, 1.807) is 35.2 Å². The molecule has 3 rings (SSSR count). The van der Waals surface area contributed by atoms with E-state index in [2.05, 4.69) is 10.1 Å². The minimum Gasteiger partial charge on any atom is -0.353 e. The van der Waals surface area contributed by atoms with Gasteiger partial charge < -0.3 is 4.90 Å². The SMILES string of the molecule is CN(Cc1ccccc1F)c1nccn2nccc12. The van der Waals surface area contributed by atoms with Crippen molar-refractivity contribution in [2.75, 3.05) is 11.9 Å². The van der Waals surface area contributed by atoms with Crippen LogP contribution < -0.4 is 4.90 Å². The Kier molecular flexibility index (Phi) is 2.87. The third-order valence-electron chi connectivity index (χ3n) is 3.03. The summed E-state index contributed by atoms with van der Waals surface area (Å²) < 4.78 is 15.4. The molecule has 0 amide bonds. The van der Waals surface area contributed by atoms with Gasteiger partial charge in [-0.25, -0.2) is 13.9 Å². The topological polar surface area (TPSA) is 33.4 Å². The van der Waals surface area contributed by atoms with Crippen molar-refractivity contribution in [3.8, 4) is 0 Å². The molecule has 5 heteroatoms. The first-order valence-electron chi connectivity index (χ1n) is 5.98. The quantitative estimate of drug-likeness (QED) is 0.722. The van der Waals surface area contributed by atoms with Crippen molar-refractivity contribution in [1.82, 2.24) is 14.6 Å². The number of nitrogens with zero attached hydrogens (tertiary/aromatic N) is 4. The summed E-state index contributed by atoms with van der Waals surface area (Å²) in [5.74, 6) is 0.582. The van der Waals surface area contributed by atoms with Crippen molar-refractivity contribution in [3.63, 3.8) is 0 Å². The highest BCUT2D eigenvalue weighted by atomic mass is 19.1. The van der Waals surface area contributed by atoms with Gasteiger partial charge in [0.25, 0.3) is 0 Å². The lowest BCUT2D eigenvalue weighted by Gasteiger charge is -2.19. The zero-order valence-electron chi connectivity index (χ0n) is 10.5. The second-order valence-electron chi connectivity index (χ2n) is 4.36. The molecule has 0 unspecified atom stereocenters. The Hall–Kier alpha value is -2.43. The van der Waals surface area contributed by atoms with Gasteiger partial charge in [0.2, 0.25) is 0 Å². The largest absolute Gasteiger partial charge is 0.353 e. The Morgan fingerprint density at radius 3 is 2.89 bits per heavy atom. The normalized spacial score (nSPS) is 10.8. The molecule has 2 heterocycles. The zero-order chi connectivity index (χ0) is 13.2. The van der Waals surface area contributed by atoms with Gasteiger partial charge in [0, 0.05) is 31.5 Å². The van der Waals surface area contributed by atoms with Crippen LogP contribution in [0.2, 0.25) is 0 Å². The summed E-state index contributed by atoms with van der Waals surface area (Å²) in [5.41, 5.74) is 1.55. The van der Waals surface area contributed by atoms with Crippen LogP contribution in [0.25, 0.3) is 5.52 Å². The van der Waals surface area contributed by atoms with E-state index in [4.69, 9.17) is 0 Å². The van der Waals surface area contributed by atoms with E-state index in [0.29, 0.717) is 12.1 Å². The molecule has 96 valence electrons. The molecule has 0 aliphatic carbocycles. The maximum Gasteiger partial charge on any atom is 0.154 e. The van der Waals surface area contributed by atoms with E-state index in [9.17, 15) is 4.39 Å². The van der Waals surface area contributed by atoms with Crippen molar-refractivity contribution in [1.29, 1.82) is 0 Å². The molecule has 0 aliphatic heterocycles. The highest BCUT2D eigenvalue weighted by Gasteiger charge is 2.10. The van der Waals surface area contributed by atoms with Gasteiger partial charge in [0.15, 0.2) is 5.82 Å². The molecule has 2 aromatic heterocycles. The molecule has 0 radical (unpaired) electrons. The first-order valence-corrected chi connectivity index (χ1v) is 5.98. The molecule has 1 aromatic carbocycles. The fourth-order valence-electron chi connectivity index (χ4n) is 2.09. The third kappa shape index (κ3) is 2.14. The standard InChI is InChI=1S/C14H13FN4/c1-18(10-11-4-2-3-5-12(11)15)14-13-6-7-17-19(13)9-8-16-14/h2-9H,10H2,1H3. The van der Waals surface area contributed by atoms with E-state index in [1.807, 2.05) is 24.1 Å². The second-order valence-corrected chi connectivity index (χ2v) is 4.36. The van der Waals surface area contributed by atoms with Gasteiger partial charge in [0.1, 0.15) is 11.3 Å². The van der Waals surface area contributed by atoms with Crippen LogP contribution in [-0.4, -0.2) is 21.6 Å². The lowest BCUT2D eigenvalue weighted by Crippen LogP contribution is -2.19. The Bertz CT molecular complexity index is 707. The van der Waals surface area contributed by atoms with Gasteiger partial charge >= 0.3 is 0 Å². The molecule has 0 saturated carbocycles. The number of aromatic nitrogens is 3. The van der Waals surface area contributed by atoms with Gasteiger partial charge in [-0.15, -0.1) is 0 Å². The first kappa shape index (κ1) is 11.6.